The van der Waals surface area contributed by atoms with Gasteiger partial charge in [0.05, 0.1) is 13.2 Å². The third kappa shape index (κ3) is 8.14. The second-order valence-corrected chi connectivity index (χ2v) is 7.46. The number of nitrogens with zero attached hydrogens (tertiary/aromatic N) is 2. The van der Waals surface area contributed by atoms with E-state index in [1.807, 2.05) is 19.1 Å². The molecule has 0 radical (unpaired) electrons. The summed E-state index contributed by atoms with van der Waals surface area (Å²) in [5.41, 5.74) is 2.55. The molecule has 2 aromatic carbocycles. The van der Waals surface area contributed by atoms with Crippen LogP contribution in [0.15, 0.2) is 59.6 Å². The summed E-state index contributed by atoms with van der Waals surface area (Å²) in [6.07, 6.45) is 2.27. The van der Waals surface area contributed by atoms with Gasteiger partial charge in [-0.05, 0) is 49.9 Å². The molecule has 1 saturated heterocycles. The second kappa shape index (κ2) is 13.5. The van der Waals surface area contributed by atoms with Gasteiger partial charge in [0.1, 0.15) is 5.75 Å². The van der Waals surface area contributed by atoms with Crippen molar-refractivity contribution >= 4 is 29.9 Å². The summed E-state index contributed by atoms with van der Waals surface area (Å²) >= 11 is 0. The maximum atomic E-state index is 5.59. The smallest absolute Gasteiger partial charge is 0.191 e. The molecule has 0 spiro atoms. The predicted molar refractivity (Wildman–Crippen MR) is 136 cm³/mol. The number of piperidine rings is 1. The van der Waals surface area contributed by atoms with Crippen molar-refractivity contribution in [3.8, 4) is 5.75 Å². The van der Waals surface area contributed by atoms with E-state index in [9.17, 15) is 0 Å². The van der Waals surface area contributed by atoms with Crippen LogP contribution in [0.1, 0.15) is 37.8 Å². The highest BCUT2D eigenvalue weighted by Crippen LogP contribution is 2.15. The van der Waals surface area contributed by atoms with Gasteiger partial charge in [0, 0.05) is 32.2 Å². The van der Waals surface area contributed by atoms with Crippen molar-refractivity contribution in [3.05, 3.63) is 65.7 Å². The summed E-state index contributed by atoms with van der Waals surface area (Å²) in [7, 11) is 0. The molecule has 0 unspecified atom stereocenters. The Bertz CT molecular complexity index is 761. The normalized spacial score (nSPS) is 15.3. The Morgan fingerprint density at radius 3 is 2.47 bits per heavy atom. The van der Waals surface area contributed by atoms with Gasteiger partial charge >= 0.3 is 0 Å². The van der Waals surface area contributed by atoms with Crippen molar-refractivity contribution in [3.63, 3.8) is 0 Å². The van der Waals surface area contributed by atoms with E-state index in [1.54, 1.807) is 0 Å². The lowest BCUT2D eigenvalue weighted by atomic mass is 10.0. The van der Waals surface area contributed by atoms with Crippen LogP contribution >= 0.6 is 24.0 Å². The zero-order valence-electron chi connectivity index (χ0n) is 18.1. The number of benzene rings is 2. The van der Waals surface area contributed by atoms with Gasteiger partial charge in [-0.25, -0.2) is 4.99 Å². The molecule has 6 heteroatoms. The molecule has 5 nitrogen and oxygen atoms in total. The molecular weight excluding hydrogens is 487 g/mol. The standard InChI is InChI=1S/C24H34N4O.HI/c1-3-25-24(26-18-21-11-8-12-23(17-21)29-4-2)27-22-13-15-28(16-14-22)19-20-9-6-5-7-10-20;/h5-12,17,22H,3-4,13-16,18-19H2,1-2H3,(H2,25,26,27);1H. The minimum absolute atomic E-state index is 0. The number of hydrogen-bond donors (Lipinski definition) is 2. The number of guanidine groups is 1. The van der Waals surface area contributed by atoms with E-state index < -0.39 is 0 Å². The van der Waals surface area contributed by atoms with Crippen molar-refractivity contribution in [1.29, 1.82) is 0 Å². The molecule has 1 fully saturated rings. The first-order chi connectivity index (χ1) is 14.3. The van der Waals surface area contributed by atoms with Gasteiger partial charge in [-0.2, -0.15) is 0 Å². The zero-order valence-corrected chi connectivity index (χ0v) is 20.5. The van der Waals surface area contributed by atoms with E-state index in [2.05, 4.69) is 64.9 Å². The van der Waals surface area contributed by atoms with Crippen LogP contribution in [0.2, 0.25) is 0 Å². The fraction of sp³-hybridized carbons (Fsp3) is 0.458. The molecule has 0 amide bonds. The highest BCUT2D eigenvalue weighted by molar-refractivity contribution is 14.0. The molecule has 0 aliphatic carbocycles. The Morgan fingerprint density at radius 2 is 1.77 bits per heavy atom. The van der Waals surface area contributed by atoms with Gasteiger partial charge in [-0.1, -0.05) is 42.5 Å². The van der Waals surface area contributed by atoms with Gasteiger partial charge in [0.15, 0.2) is 5.96 Å². The summed E-state index contributed by atoms with van der Waals surface area (Å²) in [5.74, 6) is 1.81. The SMILES string of the molecule is CCNC(=NCc1cccc(OCC)c1)NC1CCN(Cc2ccccc2)CC1.I. The Morgan fingerprint density at radius 1 is 1.03 bits per heavy atom. The molecule has 30 heavy (non-hydrogen) atoms. The van der Waals surface area contributed by atoms with Crippen LogP contribution in [-0.4, -0.2) is 43.1 Å². The highest BCUT2D eigenvalue weighted by Gasteiger charge is 2.20. The number of aliphatic imine (C=N–C) groups is 1. The van der Waals surface area contributed by atoms with Crippen molar-refractivity contribution < 1.29 is 4.74 Å². The Hall–Kier alpha value is -1.80. The second-order valence-electron chi connectivity index (χ2n) is 7.46. The fourth-order valence-electron chi connectivity index (χ4n) is 3.66. The maximum Gasteiger partial charge on any atom is 0.191 e. The minimum Gasteiger partial charge on any atom is -0.494 e. The first-order valence-corrected chi connectivity index (χ1v) is 10.8. The molecular formula is C24H35IN4O. The Balaban J connectivity index is 0.00000320. The lowest BCUT2D eigenvalue weighted by Gasteiger charge is -2.33. The lowest BCUT2D eigenvalue weighted by Crippen LogP contribution is -2.48. The van der Waals surface area contributed by atoms with Gasteiger partial charge in [0.25, 0.3) is 0 Å². The van der Waals surface area contributed by atoms with Gasteiger partial charge < -0.3 is 15.4 Å². The average molecular weight is 522 g/mol. The van der Waals surface area contributed by atoms with Crippen LogP contribution in [-0.2, 0) is 13.1 Å². The van der Waals surface area contributed by atoms with Gasteiger partial charge in [0.2, 0.25) is 0 Å². The predicted octanol–water partition coefficient (Wildman–Crippen LogP) is 4.42. The Labute approximate surface area is 198 Å². The molecule has 0 saturated carbocycles. The van der Waals surface area contributed by atoms with Crippen molar-refractivity contribution in [2.75, 3.05) is 26.2 Å². The summed E-state index contributed by atoms with van der Waals surface area (Å²) in [5, 5.41) is 7.02. The topological polar surface area (TPSA) is 48.9 Å². The molecule has 3 rings (SSSR count). The molecule has 1 aliphatic rings. The third-order valence-corrected chi connectivity index (χ3v) is 5.15. The van der Waals surface area contributed by atoms with Crippen LogP contribution in [0.25, 0.3) is 0 Å². The van der Waals surface area contributed by atoms with E-state index in [0.29, 0.717) is 19.2 Å². The van der Waals surface area contributed by atoms with Gasteiger partial charge in [-0.15, -0.1) is 24.0 Å². The Kier molecular flexibility index (Phi) is 11.0. The molecule has 0 atom stereocenters. The monoisotopic (exact) mass is 522 g/mol. The molecule has 0 bridgehead atoms. The van der Waals surface area contributed by atoms with E-state index >= 15 is 0 Å². The number of nitrogens with one attached hydrogen (secondary N) is 2. The summed E-state index contributed by atoms with van der Waals surface area (Å²) < 4.78 is 5.59. The fourth-order valence-corrected chi connectivity index (χ4v) is 3.66. The van der Waals surface area contributed by atoms with Crippen LogP contribution in [0, 0.1) is 0 Å². The molecule has 2 N–H and O–H groups in total. The van der Waals surface area contributed by atoms with E-state index in [4.69, 9.17) is 9.73 Å². The summed E-state index contributed by atoms with van der Waals surface area (Å²) in [6, 6.07) is 19.4. The lowest BCUT2D eigenvalue weighted by molar-refractivity contribution is 0.198. The number of ether oxygens (including phenoxy) is 1. The zero-order chi connectivity index (χ0) is 20.3. The first-order valence-electron chi connectivity index (χ1n) is 10.8. The van der Waals surface area contributed by atoms with Crippen LogP contribution < -0.4 is 15.4 Å². The number of likely N-dealkylation sites (tertiary alicyclic amines) is 1. The summed E-state index contributed by atoms with van der Waals surface area (Å²) in [4.78, 5) is 7.33. The largest absolute Gasteiger partial charge is 0.494 e. The number of hydrogen-bond acceptors (Lipinski definition) is 3. The number of halogens is 1. The quantitative estimate of drug-likeness (QED) is 0.306. The maximum absolute atomic E-state index is 5.59. The molecule has 2 aromatic rings. The summed E-state index contributed by atoms with van der Waals surface area (Å²) in [6.45, 7) is 9.56. The average Bonchev–Trinajstić information content (AvgIpc) is 2.75. The van der Waals surface area contributed by atoms with Crippen LogP contribution in [0.4, 0.5) is 0 Å². The van der Waals surface area contributed by atoms with Crippen LogP contribution in [0.3, 0.4) is 0 Å². The van der Waals surface area contributed by atoms with Gasteiger partial charge in [-0.3, -0.25) is 4.90 Å². The third-order valence-electron chi connectivity index (χ3n) is 5.15. The highest BCUT2D eigenvalue weighted by atomic mass is 127. The van der Waals surface area contributed by atoms with Crippen molar-refractivity contribution in [2.45, 2.75) is 45.8 Å². The first kappa shape index (κ1) is 24.5. The van der Waals surface area contributed by atoms with E-state index in [0.717, 1.165) is 56.3 Å². The molecule has 1 heterocycles. The molecule has 1 aliphatic heterocycles. The van der Waals surface area contributed by atoms with E-state index in [-0.39, 0.29) is 24.0 Å². The molecule has 164 valence electrons. The number of rotatable bonds is 8. The van der Waals surface area contributed by atoms with E-state index in [1.165, 1.54) is 5.56 Å². The minimum atomic E-state index is 0. The van der Waals surface area contributed by atoms with Crippen LogP contribution in [0.5, 0.6) is 5.75 Å². The van der Waals surface area contributed by atoms with Crippen molar-refractivity contribution in [1.82, 2.24) is 15.5 Å². The van der Waals surface area contributed by atoms with Crippen molar-refractivity contribution in [2.24, 2.45) is 4.99 Å². The molecule has 0 aromatic heterocycles.